The summed E-state index contributed by atoms with van der Waals surface area (Å²) in [5, 5.41) is 15.7. The number of amides is 1. The number of nitro groups is 1. The molecule has 0 bridgehead atoms. The zero-order valence-electron chi connectivity index (χ0n) is 17.9. The van der Waals surface area contributed by atoms with Crippen LogP contribution < -0.4 is 4.74 Å². The maximum atomic E-state index is 13.4. The van der Waals surface area contributed by atoms with Crippen molar-refractivity contribution >= 4 is 11.6 Å². The normalized spacial score (nSPS) is 10.7. The van der Waals surface area contributed by atoms with Gasteiger partial charge in [0, 0.05) is 30.8 Å². The molecular formula is C23H26N4O4. The molecule has 0 aliphatic rings. The van der Waals surface area contributed by atoms with E-state index in [1.807, 2.05) is 43.0 Å². The summed E-state index contributed by atoms with van der Waals surface area (Å²) >= 11 is 0. The predicted octanol–water partition coefficient (Wildman–Crippen LogP) is 4.72. The molecule has 8 nitrogen and oxygen atoms in total. The fraction of sp³-hybridized carbons (Fsp3) is 0.304. The van der Waals surface area contributed by atoms with Crippen molar-refractivity contribution in [2.24, 2.45) is 0 Å². The fourth-order valence-electron chi connectivity index (χ4n) is 3.39. The lowest BCUT2D eigenvalue weighted by Gasteiger charge is -2.21. The molecule has 162 valence electrons. The van der Waals surface area contributed by atoms with E-state index in [-0.39, 0.29) is 11.6 Å². The maximum absolute atomic E-state index is 13.4. The summed E-state index contributed by atoms with van der Waals surface area (Å²) in [5.41, 5.74) is 2.40. The lowest BCUT2D eigenvalue weighted by atomic mass is 10.1. The van der Waals surface area contributed by atoms with Crippen molar-refractivity contribution in [3.8, 4) is 22.7 Å². The number of hydrogen-bond acceptors (Lipinski definition) is 5. The lowest BCUT2D eigenvalue weighted by Crippen LogP contribution is -2.33. The molecule has 2 aromatic carbocycles. The summed E-state index contributed by atoms with van der Waals surface area (Å²) < 4.78 is 6.86. The average molecular weight is 422 g/mol. The summed E-state index contributed by atoms with van der Waals surface area (Å²) in [7, 11) is 1.59. The third-order valence-corrected chi connectivity index (χ3v) is 4.87. The second kappa shape index (κ2) is 9.88. The monoisotopic (exact) mass is 422 g/mol. The standard InChI is InChI=1S/C23H26N4O4/c1-4-13-25(14-5-2)23(28)22-16-21(17-7-6-8-20(15-17)31-3)24-26(22)18-9-11-19(12-10-18)27(29)30/h6-12,15-16H,4-5,13-14H2,1-3H3. The lowest BCUT2D eigenvalue weighted by molar-refractivity contribution is -0.384. The van der Waals surface area contributed by atoms with Crippen molar-refractivity contribution < 1.29 is 14.5 Å². The Morgan fingerprint density at radius 1 is 1.10 bits per heavy atom. The Bertz CT molecular complexity index is 1050. The van der Waals surface area contributed by atoms with Crippen LogP contribution in [-0.2, 0) is 0 Å². The van der Waals surface area contributed by atoms with E-state index in [0.717, 1.165) is 18.4 Å². The molecule has 8 heteroatoms. The minimum atomic E-state index is -0.454. The van der Waals surface area contributed by atoms with Gasteiger partial charge in [-0.15, -0.1) is 0 Å². The Kier molecular flexibility index (Phi) is 7.02. The third kappa shape index (κ3) is 4.91. The highest BCUT2D eigenvalue weighted by molar-refractivity contribution is 5.94. The number of non-ortho nitro benzene ring substituents is 1. The van der Waals surface area contributed by atoms with E-state index in [1.54, 1.807) is 30.0 Å². The van der Waals surface area contributed by atoms with E-state index in [9.17, 15) is 14.9 Å². The number of hydrogen-bond donors (Lipinski definition) is 0. The van der Waals surface area contributed by atoms with Crippen LogP contribution in [-0.4, -0.2) is 45.7 Å². The highest BCUT2D eigenvalue weighted by atomic mass is 16.6. The first-order chi connectivity index (χ1) is 15.0. The fourth-order valence-corrected chi connectivity index (χ4v) is 3.39. The summed E-state index contributed by atoms with van der Waals surface area (Å²) in [5.74, 6) is 0.567. The van der Waals surface area contributed by atoms with Crippen LogP contribution in [0.25, 0.3) is 16.9 Å². The van der Waals surface area contributed by atoms with Gasteiger partial charge in [-0.2, -0.15) is 5.10 Å². The zero-order chi connectivity index (χ0) is 22.4. The molecule has 0 aliphatic heterocycles. The molecule has 0 atom stereocenters. The van der Waals surface area contributed by atoms with Crippen LogP contribution in [0.4, 0.5) is 5.69 Å². The third-order valence-electron chi connectivity index (χ3n) is 4.87. The summed E-state index contributed by atoms with van der Waals surface area (Å²) in [6.45, 7) is 5.36. The molecular weight excluding hydrogens is 396 g/mol. The highest BCUT2D eigenvalue weighted by Crippen LogP contribution is 2.26. The minimum Gasteiger partial charge on any atom is -0.497 e. The van der Waals surface area contributed by atoms with Crippen LogP contribution in [0.5, 0.6) is 5.75 Å². The minimum absolute atomic E-state index is 0.0182. The zero-order valence-corrected chi connectivity index (χ0v) is 17.9. The van der Waals surface area contributed by atoms with Crippen LogP contribution >= 0.6 is 0 Å². The molecule has 0 unspecified atom stereocenters. The molecule has 3 rings (SSSR count). The number of nitro benzene ring substituents is 1. The van der Waals surface area contributed by atoms with Gasteiger partial charge in [-0.1, -0.05) is 26.0 Å². The Morgan fingerprint density at radius 3 is 2.35 bits per heavy atom. The number of methoxy groups -OCH3 is 1. The van der Waals surface area contributed by atoms with E-state index in [1.165, 1.54) is 12.1 Å². The number of carbonyl (C=O) groups excluding carboxylic acids is 1. The van der Waals surface area contributed by atoms with Gasteiger partial charge in [-0.05, 0) is 43.2 Å². The SMILES string of the molecule is CCCN(CCC)C(=O)c1cc(-c2cccc(OC)c2)nn1-c1ccc([N+](=O)[O-])cc1. The van der Waals surface area contributed by atoms with Crippen LogP contribution in [0.15, 0.2) is 54.6 Å². The van der Waals surface area contributed by atoms with E-state index >= 15 is 0 Å². The number of nitrogens with zero attached hydrogens (tertiary/aromatic N) is 4. The second-order valence-electron chi connectivity index (χ2n) is 7.12. The van der Waals surface area contributed by atoms with Crippen molar-refractivity contribution in [2.75, 3.05) is 20.2 Å². The van der Waals surface area contributed by atoms with Crippen LogP contribution in [0.3, 0.4) is 0 Å². The second-order valence-corrected chi connectivity index (χ2v) is 7.12. The number of benzene rings is 2. The van der Waals surface area contributed by atoms with Crippen LogP contribution in [0.1, 0.15) is 37.2 Å². The summed E-state index contributed by atoms with van der Waals surface area (Å²) in [6.07, 6.45) is 1.69. The molecule has 0 aliphatic carbocycles. The van der Waals surface area contributed by atoms with Gasteiger partial charge in [0.05, 0.1) is 23.4 Å². The molecule has 0 spiro atoms. The van der Waals surface area contributed by atoms with Gasteiger partial charge >= 0.3 is 0 Å². The van der Waals surface area contributed by atoms with E-state index in [4.69, 9.17) is 4.74 Å². The Labute approximate surface area is 181 Å². The van der Waals surface area contributed by atoms with Gasteiger partial charge in [0.15, 0.2) is 0 Å². The topological polar surface area (TPSA) is 90.5 Å². The first-order valence-corrected chi connectivity index (χ1v) is 10.3. The van der Waals surface area contributed by atoms with Crippen molar-refractivity contribution in [2.45, 2.75) is 26.7 Å². The van der Waals surface area contributed by atoms with Crippen molar-refractivity contribution in [1.82, 2.24) is 14.7 Å². The largest absolute Gasteiger partial charge is 0.497 e. The Morgan fingerprint density at radius 2 is 1.77 bits per heavy atom. The molecule has 0 fully saturated rings. The number of rotatable bonds is 9. The average Bonchev–Trinajstić information content (AvgIpc) is 3.24. The number of carbonyl (C=O) groups is 1. The van der Waals surface area contributed by atoms with Crippen molar-refractivity contribution in [1.29, 1.82) is 0 Å². The van der Waals surface area contributed by atoms with Crippen LogP contribution in [0.2, 0.25) is 0 Å². The Hall–Kier alpha value is -3.68. The van der Waals surface area contributed by atoms with Gasteiger partial charge in [0.25, 0.3) is 11.6 Å². The summed E-state index contributed by atoms with van der Waals surface area (Å²) in [6, 6.07) is 15.2. The molecule has 0 N–H and O–H groups in total. The number of ether oxygens (including phenoxy) is 1. The van der Waals surface area contributed by atoms with Crippen molar-refractivity contribution in [3.05, 3.63) is 70.4 Å². The van der Waals surface area contributed by atoms with E-state index in [2.05, 4.69) is 5.10 Å². The molecule has 31 heavy (non-hydrogen) atoms. The maximum Gasteiger partial charge on any atom is 0.272 e. The van der Waals surface area contributed by atoms with Gasteiger partial charge in [0.1, 0.15) is 11.4 Å². The smallest absolute Gasteiger partial charge is 0.272 e. The highest BCUT2D eigenvalue weighted by Gasteiger charge is 2.22. The molecule has 0 radical (unpaired) electrons. The van der Waals surface area contributed by atoms with E-state index < -0.39 is 4.92 Å². The van der Waals surface area contributed by atoms with Gasteiger partial charge < -0.3 is 9.64 Å². The molecule has 3 aromatic rings. The molecule has 1 aromatic heterocycles. The first-order valence-electron chi connectivity index (χ1n) is 10.3. The summed E-state index contributed by atoms with van der Waals surface area (Å²) in [4.78, 5) is 25.8. The van der Waals surface area contributed by atoms with Crippen molar-refractivity contribution in [3.63, 3.8) is 0 Å². The quantitative estimate of drug-likeness (QED) is 0.368. The number of aromatic nitrogens is 2. The van der Waals surface area contributed by atoms with Gasteiger partial charge in [-0.3, -0.25) is 14.9 Å². The van der Waals surface area contributed by atoms with Gasteiger partial charge in [0.2, 0.25) is 0 Å². The first kappa shape index (κ1) is 22.0. The van der Waals surface area contributed by atoms with Gasteiger partial charge in [-0.25, -0.2) is 4.68 Å². The molecule has 1 heterocycles. The molecule has 0 saturated heterocycles. The van der Waals surface area contributed by atoms with E-state index in [0.29, 0.717) is 35.9 Å². The molecule has 0 saturated carbocycles. The molecule has 1 amide bonds. The van der Waals surface area contributed by atoms with Crippen LogP contribution in [0, 0.1) is 10.1 Å². The Balaban J connectivity index is 2.11. The predicted molar refractivity (Wildman–Crippen MR) is 119 cm³/mol.